The Balaban J connectivity index is 3.34. The molecule has 17 heavy (non-hydrogen) atoms. The van der Waals surface area contributed by atoms with Crippen LogP contribution in [-0.4, -0.2) is 34.5 Å². The van der Waals surface area contributed by atoms with Crippen LogP contribution >= 0.6 is 0 Å². The molecule has 0 saturated carbocycles. The number of rotatable bonds is 2. The molecule has 7 heteroatoms. The van der Waals surface area contributed by atoms with Gasteiger partial charge in [0.2, 0.25) is 5.91 Å². The van der Waals surface area contributed by atoms with Crippen LogP contribution < -0.4 is 4.74 Å². The molecule has 1 aromatic rings. The molecule has 1 rings (SSSR count). The topological polar surface area (TPSA) is 87.5 Å². The maximum atomic E-state index is 11.4. The van der Waals surface area contributed by atoms with Gasteiger partial charge < -0.3 is 9.47 Å². The third-order valence-electron chi connectivity index (χ3n) is 2.01. The third-order valence-corrected chi connectivity index (χ3v) is 2.01. The monoisotopic (exact) mass is 240 g/mol. The third kappa shape index (κ3) is 2.49. The fourth-order valence-corrected chi connectivity index (χ4v) is 1.33. The van der Waals surface area contributed by atoms with Crippen LogP contribution in [0.4, 0.5) is 0 Å². The number of carbonyl (C=O) groups excluding carboxylic acids is 3. The summed E-state index contributed by atoms with van der Waals surface area (Å²) >= 11 is 0. The van der Waals surface area contributed by atoms with E-state index in [1.165, 1.54) is 27.9 Å². The second-order valence-corrected chi connectivity index (χ2v) is 3.27. The maximum Gasteiger partial charge on any atom is 0.358 e. The van der Waals surface area contributed by atoms with Gasteiger partial charge in [-0.1, -0.05) is 0 Å². The van der Waals surface area contributed by atoms with Gasteiger partial charge in [-0.2, -0.15) is 4.98 Å². The van der Waals surface area contributed by atoms with E-state index in [1.807, 2.05) is 0 Å². The smallest absolute Gasteiger partial charge is 0.358 e. The van der Waals surface area contributed by atoms with Gasteiger partial charge in [-0.05, 0) is 6.92 Å². The molecular formula is C10H12N2O5. The molecular weight excluding hydrogens is 228 g/mol. The van der Waals surface area contributed by atoms with Gasteiger partial charge in [-0.15, -0.1) is 0 Å². The van der Waals surface area contributed by atoms with E-state index < -0.39 is 17.8 Å². The van der Waals surface area contributed by atoms with Gasteiger partial charge >= 0.3 is 17.9 Å². The molecule has 0 aliphatic carbocycles. The average molecular weight is 240 g/mol. The highest BCUT2D eigenvalue weighted by Gasteiger charge is 2.23. The van der Waals surface area contributed by atoms with E-state index in [4.69, 9.17) is 4.74 Å². The zero-order valence-corrected chi connectivity index (χ0v) is 9.94. The molecule has 0 saturated heterocycles. The molecule has 0 atom stereocenters. The lowest BCUT2D eigenvalue weighted by atomic mass is 10.3. The molecule has 0 N–H and O–H groups in total. The molecule has 0 fully saturated rings. The highest BCUT2D eigenvalue weighted by atomic mass is 16.6. The minimum atomic E-state index is -0.698. The van der Waals surface area contributed by atoms with Gasteiger partial charge in [-0.3, -0.25) is 9.59 Å². The van der Waals surface area contributed by atoms with E-state index in [1.54, 1.807) is 0 Å². The van der Waals surface area contributed by atoms with E-state index in [9.17, 15) is 14.4 Å². The van der Waals surface area contributed by atoms with Crippen LogP contribution in [0.15, 0.2) is 0 Å². The molecule has 1 heterocycles. The lowest BCUT2D eigenvalue weighted by molar-refractivity contribution is -0.132. The maximum absolute atomic E-state index is 11.4. The summed E-state index contributed by atoms with van der Waals surface area (Å²) in [5.74, 6) is -1.74. The number of hydrogen-bond acceptors (Lipinski definition) is 6. The van der Waals surface area contributed by atoms with Crippen LogP contribution in [-0.2, 0) is 9.53 Å². The van der Waals surface area contributed by atoms with Crippen molar-refractivity contribution in [3.8, 4) is 6.01 Å². The molecule has 0 amide bonds. The first-order valence-corrected chi connectivity index (χ1v) is 4.75. The van der Waals surface area contributed by atoms with Gasteiger partial charge in [0.05, 0.1) is 12.8 Å². The summed E-state index contributed by atoms with van der Waals surface area (Å²) in [7, 11) is 1.19. The highest BCUT2D eigenvalue weighted by Crippen LogP contribution is 2.18. The summed E-state index contributed by atoms with van der Waals surface area (Å²) in [4.78, 5) is 37.3. The molecule has 0 bridgehead atoms. The zero-order valence-electron chi connectivity index (χ0n) is 9.94. The van der Waals surface area contributed by atoms with Crippen molar-refractivity contribution < 1.29 is 23.9 Å². The largest absolute Gasteiger partial charge is 0.464 e. The summed E-state index contributed by atoms with van der Waals surface area (Å²) in [5, 5.41) is 0. The Morgan fingerprint density at radius 2 is 1.82 bits per heavy atom. The van der Waals surface area contributed by atoms with Crippen LogP contribution in [0, 0.1) is 6.92 Å². The molecule has 0 unspecified atom stereocenters. The number of esters is 2. The molecule has 0 aliphatic rings. The van der Waals surface area contributed by atoms with Gasteiger partial charge in [0.25, 0.3) is 0 Å². The van der Waals surface area contributed by atoms with Crippen molar-refractivity contribution in [1.29, 1.82) is 0 Å². The Bertz CT molecular complexity index is 489. The van der Waals surface area contributed by atoms with Crippen LogP contribution in [0.25, 0.3) is 0 Å². The number of aromatic nitrogens is 2. The van der Waals surface area contributed by atoms with Crippen molar-refractivity contribution in [2.75, 3.05) is 7.11 Å². The minimum absolute atomic E-state index is 0.0565. The number of imidazole rings is 1. The van der Waals surface area contributed by atoms with Crippen LogP contribution in [0.3, 0.4) is 0 Å². The summed E-state index contributed by atoms with van der Waals surface area (Å²) in [6.45, 7) is 3.95. The fraction of sp³-hybridized carbons (Fsp3) is 0.400. The molecule has 0 spiro atoms. The first-order chi connectivity index (χ1) is 7.88. The molecule has 0 radical (unpaired) electrons. The van der Waals surface area contributed by atoms with Gasteiger partial charge in [-0.25, -0.2) is 9.36 Å². The number of nitrogens with zero attached hydrogens (tertiary/aromatic N) is 2. The Kier molecular flexibility index (Phi) is 3.62. The predicted octanol–water partition coefficient (Wildman–Crippen LogP) is 0.564. The second-order valence-electron chi connectivity index (χ2n) is 3.27. The Labute approximate surface area is 97.3 Å². The summed E-state index contributed by atoms with van der Waals surface area (Å²) in [6.07, 6.45) is 0. The van der Waals surface area contributed by atoms with Crippen molar-refractivity contribution >= 4 is 17.8 Å². The standard InChI is InChI=1S/C10H12N2O5/c1-5-8(9(15)16-4)11-10(17-7(3)14)12(5)6(2)13/h1-4H3. The quantitative estimate of drug-likeness (QED) is 0.702. The van der Waals surface area contributed by atoms with Crippen molar-refractivity contribution in [3.63, 3.8) is 0 Å². The lowest BCUT2D eigenvalue weighted by Gasteiger charge is -2.03. The molecule has 92 valence electrons. The number of hydrogen-bond donors (Lipinski definition) is 0. The highest BCUT2D eigenvalue weighted by molar-refractivity contribution is 5.91. The zero-order chi connectivity index (χ0) is 13.2. The van der Waals surface area contributed by atoms with E-state index in [0.29, 0.717) is 0 Å². The van der Waals surface area contributed by atoms with Crippen LogP contribution in [0.5, 0.6) is 6.01 Å². The predicted molar refractivity (Wildman–Crippen MR) is 55.9 cm³/mol. The van der Waals surface area contributed by atoms with E-state index in [-0.39, 0.29) is 17.4 Å². The average Bonchev–Trinajstić information content (AvgIpc) is 2.53. The molecule has 7 nitrogen and oxygen atoms in total. The summed E-state index contributed by atoms with van der Waals surface area (Å²) < 4.78 is 10.3. The normalized spacial score (nSPS) is 9.88. The van der Waals surface area contributed by atoms with Crippen molar-refractivity contribution in [3.05, 3.63) is 11.4 Å². The lowest BCUT2D eigenvalue weighted by Crippen LogP contribution is -2.13. The first-order valence-electron chi connectivity index (χ1n) is 4.75. The SMILES string of the molecule is COC(=O)c1nc(OC(C)=O)n(C(C)=O)c1C. The first kappa shape index (κ1) is 12.9. The second kappa shape index (κ2) is 4.77. The molecule has 0 aromatic carbocycles. The fourth-order valence-electron chi connectivity index (χ4n) is 1.33. The number of methoxy groups -OCH3 is 1. The van der Waals surface area contributed by atoms with E-state index in [0.717, 1.165) is 4.57 Å². The van der Waals surface area contributed by atoms with Gasteiger partial charge in [0.15, 0.2) is 5.69 Å². The Morgan fingerprint density at radius 1 is 1.24 bits per heavy atom. The molecule has 0 aliphatic heterocycles. The number of carbonyl (C=O) groups is 3. The van der Waals surface area contributed by atoms with E-state index >= 15 is 0 Å². The van der Waals surface area contributed by atoms with Gasteiger partial charge in [0, 0.05) is 13.8 Å². The summed E-state index contributed by atoms with van der Waals surface area (Å²) in [5.41, 5.74) is 0.208. The minimum Gasteiger partial charge on any atom is -0.464 e. The van der Waals surface area contributed by atoms with Crippen molar-refractivity contribution in [2.24, 2.45) is 0 Å². The van der Waals surface area contributed by atoms with Crippen LogP contribution in [0.2, 0.25) is 0 Å². The Hall–Kier alpha value is -2.18. The molecule has 1 aromatic heterocycles. The van der Waals surface area contributed by atoms with E-state index in [2.05, 4.69) is 9.72 Å². The van der Waals surface area contributed by atoms with Crippen molar-refractivity contribution in [1.82, 2.24) is 9.55 Å². The van der Waals surface area contributed by atoms with Crippen LogP contribution in [0.1, 0.15) is 34.8 Å². The Morgan fingerprint density at radius 3 is 2.24 bits per heavy atom. The number of ether oxygens (including phenoxy) is 2. The summed E-state index contributed by atoms with van der Waals surface area (Å²) in [6, 6.07) is -0.233. The van der Waals surface area contributed by atoms with Crippen molar-refractivity contribution in [2.45, 2.75) is 20.8 Å². The van der Waals surface area contributed by atoms with Gasteiger partial charge in [0.1, 0.15) is 0 Å².